The zero-order valence-electron chi connectivity index (χ0n) is 16.2. The molecule has 1 aromatic heterocycles. The molecule has 1 aromatic carbocycles. The van der Waals surface area contributed by atoms with Crippen LogP contribution in [0.3, 0.4) is 0 Å². The number of piperidine rings is 1. The molecule has 1 saturated heterocycles. The number of benzene rings is 1. The molecule has 0 radical (unpaired) electrons. The van der Waals surface area contributed by atoms with Gasteiger partial charge in [0.05, 0.1) is 6.26 Å². The quantitative estimate of drug-likeness (QED) is 0.777. The van der Waals surface area contributed by atoms with Crippen molar-refractivity contribution >= 4 is 23.4 Å². The summed E-state index contributed by atoms with van der Waals surface area (Å²) in [6.07, 6.45) is 2.76. The lowest BCUT2D eigenvalue weighted by Crippen LogP contribution is -2.50. The van der Waals surface area contributed by atoms with E-state index in [1.165, 1.54) is 6.26 Å². The van der Waals surface area contributed by atoms with Crippen molar-refractivity contribution in [1.82, 2.24) is 10.2 Å². The molecule has 1 aliphatic heterocycles. The third-order valence-corrected chi connectivity index (χ3v) is 5.01. The Hall–Kier alpha value is -3.09. The van der Waals surface area contributed by atoms with Crippen LogP contribution in [0.25, 0.3) is 0 Å². The summed E-state index contributed by atoms with van der Waals surface area (Å²) in [4.78, 5) is 38.5. The fraction of sp³-hybridized carbons (Fsp3) is 0.381. The van der Waals surface area contributed by atoms with Crippen molar-refractivity contribution in [3.63, 3.8) is 0 Å². The number of anilines is 1. The number of aryl methyl sites for hydroxylation is 1. The van der Waals surface area contributed by atoms with Gasteiger partial charge in [0.15, 0.2) is 5.76 Å². The predicted molar refractivity (Wildman–Crippen MR) is 105 cm³/mol. The highest BCUT2D eigenvalue weighted by Crippen LogP contribution is 2.18. The van der Waals surface area contributed by atoms with Crippen LogP contribution in [-0.4, -0.2) is 41.8 Å². The second-order valence-corrected chi connectivity index (χ2v) is 7.11. The van der Waals surface area contributed by atoms with Crippen molar-refractivity contribution in [3.8, 4) is 0 Å². The number of carbonyl (C=O) groups is 3. The number of nitrogens with zero attached hydrogens (tertiary/aromatic N) is 1. The van der Waals surface area contributed by atoms with Gasteiger partial charge in [-0.2, -0.15) is 0 Å². The smallest absolute Gasteiger partial charge is 0.289 e. The lowest BCUT2D eigenvalue weighted by Gasteiger charge is -2.32. The van der Waals surface area contributed by atoms with Gasteiger partial charge in [-0.25, -0.2) is 0 Å². The Balaban J connectivity index is 1.50. The number of rotatable bonds is 5. The van der Waals surface area contributed by atoms with E-state index in [0.29, 0.717) is 24.5 Å². The van der Waals surface area contributed by atoms with Crippen molar-refractivity contribution in [1.29, 1.82) is 0 Å². The van der Waals surface area contributed by atoms with Gasteiger partial charge in [-0.05, 0) is 56.0 Å². The van der Waals surface area contributed by atoms with Gasteiger partial charge in [-0.3, -0.25) is 14.4 Å². The number of furan rings is 1. The van der Waals surface area contributed by atoms with Gasteiger partial charge < -0.3 is 20.0 Å². The van der Waals surface area contributed by atoms with E-state index >= 15 is 0 Å². The predicted octanol–water partition coefficient (Wildman–Crippen LogP) is 2.65. The molecule has 1 fully saturated rings. The van der Waals surface area contributed by atoms with Crippen LogP contribution in [0.5, 0.6) is 0 Å². The summed E-state index contributed by atoms with van der Waals surface area (Å²) in [5.41, 5.74) is 2.77. The first-order valence-electron chi connectivity index (χ1n) is 9.42. The van der Waals surface area contributed by atoms with E-state index in [2.05, 4.69) is 10.6 Å². The molecule has 3 rings (SSSR count). The lowest BCUT2D eigenvalue weighted by atomic mass is 10.0. The lowest BCUT2D eigenvalue weighted by molar-refractivity contribution is -0.127. The maximum Gasteiger partial charge on any atom is 0.289 e. The second kappa shape index (κ2) is 8.73. The molecule has 1 atom stereocenters. The van der Waals surface area contributed by atoms with E-state index in [1.54, 1.807) is 17.0 Å². The zero-order valence-corrected chi connectivity index (χ0v) is 16.2. The molecule has 0 bridgehead atoms. The summed E-state index contributed by atoms with van der Waals surface area (Å²) < 4.78 is 5.16. The minimum absolute atomic E-state index is 0.173. The second-order valence-electron chi connectivity index (χ2n) is 7.11. The van der Waals surface area contributed by atoms with Gasteiger partial charge in [0, 0.05) is 24.8 Å². The Kier molecular flexibility index (Phi) is 6.13. The first-order chi connectivity index (χ1) is 13.4. The number of likely N-dealkylation sites (tertiary alicyclic amines) is 1. The van der Waals surface area contributed by atoms with Crippen LogP contribution < -0.4 is 10.6 Å². The molecule has 1 aliphatic rings. The minimum atomic E-state index is -0.356. The van der Waals surface area contributed by atoms with Crippen molar-refractivity contribution in [2.45, 2.75) is 39.2 Å². The molecule has 7 heteroatoms. The third kappa shape index (κ3) is 4.79. The molecule has 148 valence electrons. The molecule has 7 nitrogen and oxygen atoms in total. The Morgan fingerprint density at radius 2 is 1.96 bits per heavy atom. The van der Waals surface area contributed by atoms with Crippen LogP contribution in [0.2, 0.25) is 0 Å². The van der Waals surface area contributed by atoms with Crippen LogP contribution in [0.15, 0.2) is 41.0 Å². The summed E-state index contributed by atoms with van der Waals surface area (Å²) in [6.45, 7) is 4.93. The first kappa shape index (κ1) is 19.7. The van der Waals surface area contributed by atoms with Gasteiger partial charge in [0.2, 0.25) is 11.8 Å². The number of hydrogen-bond donors (Lipinski definition) is 2. The maximum absolute atomic E-state index is 12.4. The summed E-state index contributed by atoms with van der Waals surface area (Å²) in [7, 11) is 0. The SMILES string of the molecule is Cc1cccc(NC(=O)CC(=O)N[C@H]2CCCN(C(=O)c3ccco3)C2)c1C. The fourth-order valence-corrected chi connectivity index (χ4v) is 3.34. The highest BCUT2D eigenvalue weighted by molar-refractivity contribution is 6.04. The van der Waals surface area contributed by atoms with Crippen molar-refractivity contribution < 1.29 is 18.8 Å². The Bertz CT molecular complexity index is 861. The summed E-state index contributed by atoms with van der Waals surface area (Å²) in [5.74, 6) is -0.595. The van der Waals surface area contributed by atoms with Gasteiger partial charge in [-0.15, -0.1) is 0 Å². The van der Waals surface area contributed by atoms with Crippen LogP contribution in [0.1, 0.15) is 40.9 Å². The van der Waals surface area contributed by atoms with E-state index in [9.17, 15) is 14.4 Å². The number of hydrogen-bond acceptors (Lipinski definition) is 4. The largest absolute Gasteiger partial charge is 0.459 e. The standard InChI is InChI=1S/C21H25N3O4/c1-14-6-3-8-17(15(14)2)23-20(26)12-19(25)22-16-7-4-10-24(13-16)21(27)18-9-5-11-28-18/h3,5-6,8-9,11,16H,4,7,10,12-13H2,1-2H3,(H,22,25)(H,23,26)/t16-/m0/s1. The molecule has 28 heavy (non-hydrogen) atoms. The topological polar surface area (TPSA) is 91.7 Å². The van der Waals surface area contributed by atoms with Crippen LogP contribution in [0, 0.1) is 13.8 Å². The van der Waals surface area contributed by atoms with Crippen LogP contribution in [-0.2, 0) is 9.59 Å². The third-order valence-electron chi connectivity index (χ3n) is 5.01. The molecule has 2 heterocycles. The maximum atomic E-state index is 12.4. The average Bonchev–Trinajstić information content (AvgIpc) is 3.19. The van der Waals surface area contributed by atoms with Gasteiger partial charge in [0.1, 0.15) is 6.42 Å². The molecule has 0 saturated carbocycles. The van der Waals surface area contributed by atoms with E-state index in [-0.39, 0.29) is 30.2 Å². The molecule has 2 N–H and O–H groups in total. The number of nitrogens with one attached hydrogen (secondary N) is 2. The molecule has 2 aromatic rings. The zero-order chi connectivity index (χ0) is 20.1. The number of amides is 3. The van der Waals surface area contributed by atoms with Crippen LogP contribution >= 0.6 is 0 Å². The van der Waals surface area contributed by atoms with Crippen LogP contribution in [0.4, 0.5) is 5.69 Å². The van der Waals surface area contributed by atoms with Gasteiger partial charge in [0.25, 0.3) is 5.91 Å². The Labute approximate surface area is 164 Å². The van der Waals surface area contributed by atoms with Crippen molar-refractivity contribution in [2.24, 2.45) is 0 Å². The normalized spacial score (nSPS) is 16.5. The average molecular weight is 383 g/mol. The highest BCUT2D eigenvalue weighted by atomic mass is 16.3. The first-order valence-corrected chi connectivity index (χ1v) is 9.42. The summed E-state index contributed by atoms with van der Waals surface area (Å²) in [6, 6.07) is 8.78. The van der Waals surface area contributed by atoms with E-state index in [4.69, 9.17) is 4.42 Å². The number of carbonyl (C=O) groups excluding carboxylic acids is 3. The molecule has 0 aliphatic carbocycles. The fourth-order valence-electron chi connectivity index (χ4n) is 3.34. The summed E-state index contributed by atoms with van der Waals surface area (Å²) in [5, 5.41) is 5.66. The highest BCUT2D eigenvalue weighted by Gasteiger charge is 2.27. The Morgan fingerprint density at radius 3 is 2.71 bits per heavy atom. The molecule has 0 unspecified atom stereocenters. The molecular weight excluding hydrogens is 358 g/mol. The molecule has 3 amide bonds. The summed E-state index contributed by atoms with van der Waals surface area (Å²) >= 11 is 0. The van der Waals surface area contributed by atoms with Gasteiger partial charge >= 0.3 is 0 Å². The Morgan fingerprint density at radius 1 is 1.14 bits per heavy atom. The monoisotopic (exact) mass is 383 g/mol. The minimum Gasteiger partial charge on any atom is -0.459 e. The molecule has 0 spiro atoms. The van der Waals surface area contributed by atoms with E-state index < -0.39 is 0 Å². The van der Waals surface area contributed by atoms with Gasteiger partial charge in [-0.1, -0.05) is 12.1 Å². The van der Waals surface area contributed by atoms with Crippen molar-refractivity contribution in [2.75, 3.05) is 18.4 Å². The molecular formula is C21H25N3O4. The van der Waals surface area contributed by atoms with E-state index in [0.717, 1.165) is 24.0 Å². The van der Waals surface area contributed by atoms with E-state index in [1.807, 2.05) is 32.0 Å². The van der Waals surface area contributed by atoms with Crippen molar-refractivity contribution in [3.05, 3.63) is 53.5 Å².